The molecule has 6 rings (SSSR count). The van der Waals surface area contributed by atoms with Crippen LogP contribution in [0.1, 0.15) is 83.8 Å². The van der Waals surface area contributed by atoms with Crippen molar-refractivity contribution in [3.63, 3.8) is 0 Å². The van der Waals surface area contributed by atoms with Gasteiger partial charge in [0.05, 0.1) is 47.6 Å². The van der Waals surface area contributed by atoms with Gasteiger partial charge in [-0.3, -0.25) is 38.8 Å². The standard InChI is InChI=1S/C21H23ClFNO5.C14H20ClNO2.C11H11Cl2NO2.C3H8NO5P/c1-2-3-6-9-28-19(25)12-29-18-11-17(16(23)10-15(18)22)24-20(26)13-7-4-5-8-14(13)21(24)27;1-4-12-8-6-7-11(3)14(12)16(10-18-5-2)13(17)9-15;1-7-6-16-9-5-3-2-4-8(9)14(7)11(15)10(12)13;5-3(6)1-4-2-10(7,8)9/h10-11H,2-9,12H2,1H3;6-8H,4-5,9-10H2,1-3H3;2-5,7,10H,6H2,1H3;4H,1-2H2,(H,5,6)(H2,7,8,9). The molecule has 0 fully saturated rings. The second-order valence-corrected chi connectivity index (χ2v) is 19.8. The highest BCUT2D eigenvalue weighted by Crippen LogP contribution is 2.40. The van der Waals surface area contributed by atoms with Gasteiger partial charge in [-0.15, -0.1) is 11.6 Å². The van der Waals surface area contributed by atoms with Gasteiger partial charge < -0.3 is 38.7 Å². The zero-order chi connectivity index (χ0) is 54.4. The molecule has 2 heterocycles. The fraction of sp³-hybridized carbons (Fsp3) is 0.469. The predicted molar refractivity (Wildman–Crippen MR) is 278 cm³/mol. The number of aliphatic carboxylic acids is 1. The molecule has 2 aliphatic heterocycles. The number of benzene rings is 3. The summed E-state index contributed by atoms with van der Waals surface area (Å²) in [5, 5.41) is 9.99. The quantitative estimate of drug-likeness (QED) is 0.0219. The van der Waals surface area contributed by atoms with Gasteiger partial charge in [-0.05, 0) is 88.6 Å². The highest BCUT2D eigenvalue weighted by Gasteiger charge is 2.41. The lowest BCUT2D eigenvalue weighted by Gasteiger charge is -2.35. The van der Waals surface area contributed by atoms with Crippen molar-refractivity contribution in [2.45, 2.75) is 96.9 Å². The first-order valence-electron chi connectivity index (χ1n) is 23.3. The van der Waals surface area contributed by atoms with Crippen LogP contribution < -0.4 is 29.5 Å². The summed E-state index contributed by atoms with van der Waals surface area (Å²) in [6.45, 7) is 10.6. The summed E-state index contributed by atoms with van der Waals surface area (Å²) < 4.78 is 45.9. The van der Waals surface area contributed by atoms with Gasteiger partial charge in [0.15, 0.2) is 11.4 Å². The highest BCUT2D eigenvalue weighted by molar-refractivity contribution is 7.51. The summed E-state index contributed by atoms with van der Waals surface area (Å²) in [7, 11) is -4.10. The number of imide groups is 1. The molecule has 4 N–H and O–H groups in total. The van der Waals surface area contributed by atoms with Gasteiger partial charge in [-0.2, -0.15) is 0 Å². The third kappa shape index (κ3) is 19.1. The SMILES string of the molecule is CC1COc2ccccc2N1C(=O)C(Cl)Cl.CCCCCOC(=O)COc1cc(N2C(=O)C3=C(CCCC3)C2=O)c(F)cc1Cl.CCOCN(C(=O)CCl)c1c(C)cccc1CC.O=C(O)CNCP(=O)(O)O. The van der Waals surface area contributed by atoms with Crippen molar-refractivity contribution in [2.75, 3.05) is 66.6 Å². The van der Waals surface area contributed by atoms with Crippen LogP contribution in [0.2, 0.25) is 5.02 Å². The van der Waals surface area contributed by atoms with E-state index in [0.717, 1.165) is 72.0 Å². The molecule has 402 valence electrons. The molecule has 0 aromatic heterocycles. The van der Waals surface area contributed by atoms with E-state index >= 15 is 0 Å². The molecule has 1 unspecified atom stereocenters. The minimum absolute atomic E-state index is 0.000883. The number of carbonyl (C=O) groups excluding carboxylic acids is 5. The minimum atomic E-state index is -4.10. The van der Waals surface area contributed by atoms with Crippen molar-refractivity contribution in [3.05, 3.63) is 87.7 Å². The van der Waals surface area contributed by atoms with Crippen molar-refractivity contribution in [2.24, 2.45) is 0 Å². The number of alkyl halides is 3. The van der Waals surface area contributed by atoms with Crippen molar-refractivity contribution >= 4 is 107 Å². The largest absolute Gasteiger partial charge is 0.489 e. The molecule has 4 amide bonds. The second kappa shape index (κ2) is 31.2. The number of aryl methyl sites for hydroxylation is 2. The molecule has 0 bridgehead atoms. The number of ether oxygens (including phenoxy) is 4. The fourth-order valence-corrected chi connectivity index (χ4v) is 8.39. The molecule has 3 aromatic carbocycles. The molecule has 1 atom stereocenters. The van der Waals surface area contributed by atoms with Crippen molar-refractivity contribution < 1.29 is 71.6 Å². The number of halogens is 5. The third-order valence-corrected chi connectivity index (χ3v) is 12.4. The lowest BCUT2D eigenvalue weighted by Crippen LogP contribution is -2.47. The monoisotopic (exact) mass is 1120 g/mol. The van der Waals surface area contributed by atoms with Gasteiger partial charge in [0.2, 0.25) is 5.91 Å². The highest BCUT2D eigenvalue weighted by atomic mass is 35.5. The lowest BCUT2D eigenvalue weighted by molar-refractivity contribution is -0.146. The van der Waals surface area contributed by atoms with E-state index in [-0.39, 0.29) is 46.9 Å². The molecule has 0 spiro atoms. The average molecular weight is 1120 g/mol. The van der Waals surface area contributed by atoms with Crippen LogP contribution in [-0.2, 0) is 49.2 Å². The number of amides is 4. The smallest absolute Gasteiger partial charge is 0.344 e. The second-order valence-electron chi connectivity index (χ2n) is 16.4. The van der Waals surface area contributed by atoms with E-state index in [0.29, 0.717) is 49.6 Å². The number of carboxylic acid groups (broad SMARTS) is 1. The van der Waals surface area contributed by atoms with Crippen LogP contribution in [0.25, 0.3) is 0 Å². The molecule has 0 radical (unpaired) electrons. The molecule has 3 aliphatic rings. The first-order valence-corrected chi connectivity index (χ1v) is 26.9. The average Bonchev–Trinajstić information content (AvgIpc) is 3.60. The number of carboxylic acids is 1. The first kappa shape index (κ1) is 62.5. The number of esters is 1. The number of anilines is 3. The minimum Gasteiger partial charge on any atom is -0.489 e. The maximum Gasteiger partial charge on any atom is 0.344 e. The predicted octanol–water partition coefficient (Wildman–Crippen LogP) is 8.86. The maximum atomic E-state index is 14.5. The molecule has 24 heteroatoms. The van der Waals surface area contributed by atoms with Crippen LogP contribution in [0.3, 0.4) is 0 Å². The number of carbonyl (C=O) groups is 6. The van der Waals surface area contributed by atoms with Crippen LogP contribution in [-0.4, -0.2) is 113 Å². The molecule has 3 aromatic rings. The Balaban J connectivity index is 0.000000276. The number of nitrogens with zero attached hydrogens (tertiary/aromatic N) is 3. The van der Waals surface area contributed by atoms with E-state index in [2.05, 4.69) is 12.2 Å². The van der Waals surface area contributed by atoms with Gasteiger partial charge in [-0.1, -0.05) is 91.8 Å². The maximum absolute atomic E-state index is 14.5. The molecule has 73 heavy (non-hydrogen) atoms. The number of unbranched alkanes of at least 4 members (excludes halogenated alkanes) is 2. The van der Waals surface area contributed by atoms with E-state index in [1.807, 2.05) is 70.2 Å². The Hall–Kier alpha value is -4.82. The van der Waals surface area contributed by atoms with Crippen LogP contribution in [0.15, 0.2) is 65.7 Å². The molecular weight excluding hydrogens is 1060 g/mol. The summed E-state index contributed by atoms with van der Waals surface area (Å²) in [5.41, 5.74) is 4.52. The zero-order valence-corrected chi connectivity index (χ0v) is 45.1. The third-order valence-electron chi connectivity index (χ3n) is 10.9. The van der Waals surface area contributed by atoms with Gasteiger partial charge >= 0.3 is 19.5 Å². The summed E-state index contributed by atoms with van der Waals surface area (Å²) in [6, 6.07) is 15.4. The topological polar surface area (TPSA) is 239 Å². The lowest BCUT2D eigenvalue weighted by atomic mass is 9.93. The van der Waals surface area contributed by atoms with E-state index in [1.165, 1.54) is 6.07 Å². The van der Waals surface area contributed by atoms with E-state index in [4.69, 9.17) is 80.2 Å². The summed E-state index contributed by atoms with van der Waals surface area (Å²) in [6.07, 6.45) is 5.67. The van der Waals surface area contributed by atoms with E-state index in [1.54, 1.807) is 9.80 Å². The summed E-state index contributed by atoms with van der Waals surface area (Å²) in [5.74, 6) is -3.35. The number of nitrogens with one attached hydrogen (secondary N) is 1. The Morgan fingerprint density at radius 1 is 0.973 bits per heavy atom. The fourth-order valence-electron chi connectivity index (χ4n) is 7.43. The Morgan fingerprint density at radius 3 is 2.21 bits per heavy atom. The first-order chi connectivity index (χ1) is 34.6. The normalized spacial score (nSPS) is 14.8. The van der Waals surface area contributed by atoms with Crippen molar-refractivity contribution in [3.8, 4) is 11.5 Å². The van der Waals surface area contributed by atoms with Crippen LogP contribution in [0, 0.1) is 12.7 Å². The Bertz CT molecular complexity index is 2450. The van der Waals surface area contributed by atoms with Gasteiger partial charge in [0.1, 0.15) is 36.5 Å². The molecule has 1 aliphatic carbocycles. The zero-order valence-electron chi connectivity index (χ0n) is 41.2. The number of hydrogen-bond acceptors (Lipinski definition) is 12. The van der Waals surface area contributed by atoms with E-state index in [9.17, 15) is 37.7 Å². The van der Waals surface area contributed by atoms with E-state index < -0.39 is 61.4 Å². The van der Waals surface area contributed by atoms with Gasteiger partial charge in [0, 0.05) is 23.8 Å². The van der Waals surface area contributed by atoms with Crippen molar-refractivity contribution in [1.82, 2.24) is 5.32 Å². The van der Waals surface area contributed by atoms with Gasteiger partial charge in [0.25, 0.3) is 17.7 Å². The Kier molecular flexibility index (Phi) is 26.7. The molecule has 0 saturated carbocycles. The number of fused-ring (bicyclic) bond motifs is 1. The van der Waals surface area contributed by atoms with Crippen molar-refractivity contribution in [1.29, 1.82) is 0 Å². The molecule has 0 saturated heterocycles. The number of para-hydroxylation sites is 3. The van der Waals surface area contributed by atoms with Crippen LogP contribution in [0.4, 0.5) is 21.5 Å². The summed E-state index contributed by atoms with van der Waals surface area (Å²) >= 11 is 22.9. The van der Waals surface area contributed by atoms with Crippen LogP contribution in [0.5, 0.6) is 11.5 Å². The summed E-state index contributed by atoms with van der Waals surface area (Å²) in [4.78, 5) is 90.1. The Morgan fingerprint density at radius 2 is 1.63 bits per heavy atom. The number of rotatable bonds is 19. The number of hydrogen-bond donors (Lipinski definition) is 4. The molecular formula is C49H62Cl4FN4O14P. The molecule has 18 nitrogen and oxygen atoms in total. The van der Waals surface area contributed by atoms with Crippen LogP contribution >= 0.6 is 54.0 Å². The van der Waals surface area contributed by atoms with Gasteiger partial charge in [-0.25, -0.2) is 14.1 Å². The Labute approximate surface area is 444 Å².